The highest BCUT2D eigenvalue weighted by Gasteiger charge is 2.36. The fourth-order valence-electron chi connectivity index (χ4n) is 3.27. The summed E-state index contributed by atoms with van der Waals surface area (Å²) in [4.78, 5) is 17.2. The Kier molecular flexibility index (Phi) is 4.56. The van der Waals surface area contributed by atoms with Crippen LogP contribution in [-0.4, -0.2) is 55.5 Å². The van der Waals surface area contributed by atoms with E-state index in [-0.39, 0.29) is 17.9 Å². The van der Waals surface area contributed by atoms with E-state index >= 15 is 0 Å². The first-order valence-corrected chi connectivity index (χ1v) is 7.89. The lowest BCUT2D eigenvalue weighted by molar-refractivity contribution is -0.147. The van der Waals surface area contributed by atoms with Gasteiger partial charge in [0.1, 0.15) is 0 Å². The number of likely N-dealkylation sites (N-methyl/N-ethyl adjacent to an activating group) is 1. The summed E-state index contributed by atoms with van der Waals surface area (Å²) >= 11 is 0. The van der Waals surface area contributed by atoms with Crippen molar-refractivity contribution in [3.63, 3.8) is 0 Å². The van der Waals surface area contributed by atoms with Gasteiger partial charge in [0.25, 0.3) is 0 Å². The topological polar surface area (TPSA) is 32.8 Å². The molecular weight excluding hydrogens is 264 g/mol. The Morgan fingerprint density at radius 3 is 2.57 bits per heavy atom. The predicted molar refractivity (Wildman–Crippen MR) is 81.9 cm³/mol. The van der Waals surface area contributed by atoms with Gasteiger partial charge in [-0.25, -0.2) is 0 Å². The van der Waals surface area contributed by atoms with Crippen molar-refractivity contribution in [1.29, 1.82) is 0 Å². The van der Waals surface area contributed by atoms with Gasteiger partial charge in [-0.3, -0.25) is 4.79 Å². The van der Waals surface area contributed by atoms with Crippen LogP contribution in [0.4, 0.5) is 0 Å². The molecular formula is C17H24N2O2. The normalized spacial score (nSPS) is 27.6. The van der Waals surface area contributed by atoms with E-state index in [0.717, 1.165) is 51.2 Å². The molecule has 2 fully saturated rings. The van der Waals surface area contributed by atoms with Gasteiger partial charge in [0.2, 0.25) is 5.91 Å². The lowest BCUT2D eigenvalue weighted by Crippen LogP contribution is -2.50. The quantitative estimate of drug-likeness (QED) is 0.833. The van der Waals surface area contributed by atoms with E-state index in [1.54, 1.807) is 0 Å². The summed E-state index contributed by atoms with van der Waals surface area (Å²) in [6, 6.07) is 10.2. The smallest absolute Gasteiger partial charge is 0.228 e. The van der Waals surface area contributed by atoms with Crippen LogP contribution in [0, 0.1) is 5.92 Å². The maximum absolute atomic E-state index is 12.9. The Bertz CT molecular complexity index is 469. The zero-order valence-corrected chi connectivity index (χ0v) is 12.7. The maximum Gasteiger partial charge on any atom is 0.228 e. The molecule has 114 valence electrons. The van der Waals surface area contributed by atoms with Gasteiger partial charge in [-0.05, 0) is 25.5 Å². The monoisotopic (exact) mass is 288 g/mol. The third-order valence-corrected chi connectivity index (χ3v) is 4.58. The Hall–Kier alpha value is -1.39. The number of nitrogens with zero attached hydrogens (tertiary/aromatic N) is 2. The molecule has 1 aromatic rings. The summed E-state index contributed by atoms with van der Waals surface area (Å²) in [5, 5.41) is 0. The van der Waals surface area contributed by atoms with Crippen LogP contribution in [0.25, 0.3) is 0 Å². The first-order chi connectivity index (χ1) is 10.3. The third kappa shape index (κ3) is 3.27. The van der Waals surface area contributed by atoms with Gasteiger partial charge in [-0.2, -0.15) is 0 Å². The molecule has 1 aromatic carbocycles. The van der Waals surface area contributed by atoms with Crippen molar-refractivity contribution < 1.29 is 9.53 Å². The predicted octanol–water partition coefficient (Wildman–Crippen LogP) is 1.93. The maximum atomic E-state index is 12.9. The first kappa shape index (κ1) is 14.5. The highest BCUT2D eigenvalue weighted by Crippen LogP contribution is 2.34. The molecule has 0 spiro atoms. The van der Waals surface area contributed by atoms with Crippen LogP contribution in [0.5, 0.6) is 0 Å². The van der Waals surface area contributed by atoms with Crippen LogP contribution >= 0.6 is 0 Å². The second-order valence-corrected chi connectivity index (χ2v) is 6.08. The Balaban J connectivity index is 1.73. The van der Waals surface area contributed by atoms with Crippen LogP contribution in [0.3, 0.4) is 0 Å². The van der Waals surface area contributed by atoms with Gasteiger partial charge >= 0.3 is 0 Å². The number of piperazine rings is 1. The van der Waals surface area contributed by atoms with E-state index in [1.807, 2.05) is 23.1 Å². The number of carbonyl (C=O) groups excluding carboxylic acids is 1. The molecule has 2 aliphatic rings. The number of carbonyl (C=O) groups is 1. The summed E-state index contributed by atoms with van der Waals surface area (Å²) in [6.07, 6.45) is 1.84. The van der Waals surface area contributed by atoms with E-state index in [4.69, 9.17) is 4.74 Å². The van der Waals surface area contributed by atoms with Gasteiger partial charge in [0.05, 0.1) is 12.0 Å². The van der Waals surface area contributed by atoms with Crippen LogP contribution in [0.1, 0.15) is 24.5 Å². The molecule has 0 bridgehead atoms. The van der Waals surface area contributed by atoms with Crippen molar-refractivity contribution in [2.24, 2.45) is 5.92 Å². The Labute approximate surface area is 126 Å². The Morgan fingerprint density at radius 1 is 1.14 bits per heavy atom. The molecule has 3 rings (SSSR count). The molecule has 2 atom stereocenters. The number of benzene rings is 1. The van der Waals surface area contributed by atoms with Gasteiger partial charge in [-0.1, -0.05) is 30.3 Å². The minimum Gasteiger partial charge on any atom is -0.373 e. The Morgan fingerprint density at radius 2 is 1.86 bits per heavy atom. The van der Waals surface area contributed by atoms with E-state index in [2.05, 4.69) is 24.1 Å². The standard InChI is InChI=1S/C17H24N2O2/c1-18-9-11-19(12-10-18)17(20)15-8-5-13-21-16(15)14-6-3-2-4-7-14/h2-4,6-7,15-16H,5,8-13H2,1H3/t15-,16-/m0/s1. The van der Waals surface area contributed by atoms with E-state index in [1.165, 1.54) is 0 Å². The molecule has 2 saturated heterocycles. The molecule has 0 saturated carbocycles. The highest BCUT2D eigenvalue weighted by molar-refractivity contribution is 5.80. The average Bonchev–Trinajstić information content (AvgIpc) is 2.56. The summed E-state index contributed by atoms with van der Waals surface area (Å²) < 4.78 is 5.95. The van der Waals surface area contributed by atoms with Crippen molar-refractivity contribution in [3.05, 3.63) is 35.9 Å². The molecule has 0 N–H and O–H groups in total. The summed E-state index contributed by atoms with van der Waals surface area (Å²) in [5.41, 5.74) is 1.13. The minimum absolute atomic E-state index is 0.0236. The lowest BCUT2D eigenvalue weighted by Gasteiger charge is -2.38. The molecule has 0 aromatic heterocycles. The summed E-state index contributed by atoms with van der Waals surface area (Å²) in [6.45, 7) is 4.37. The third-order valence-electron chi connectivity index (χ3n) is 4.58. The lowest BCUT2D eigenvalue weighted by atomic mass is 9.88. The zero-order valence-electron chi connectivity index (χ0n) is 12.7. The number of hydrogen-bond acceptors (Lipinski definition) is 3. The number of rotatable bonds is 2. The van der Waals surface area contributed by atoms with Crippen molar-refractivity contribution in [1.82, 2.24) is 9.80 Å². The van der Waals surface area contributed by atoms with Crippen LogP contribution in [0.2, 0.25) is 0 Å². The molecule has 2 aliphatic heterocycles. The van der Waals surface area contributed by atoms with Crippen LogP contribution in [0.15, 0.2) is 30.3 Å². The van der Waals surface area contributed by atoms with Gasteiger partial charge in [-0.15, -0.1) is 0 Å². The van der Waals surface area contributed by atoms with Crippen LogP contribution in [-0.2, 0) is 9.53 Å². The van der Waals surface area contributed by atoms with Gasteiger partial charge in [0, 0.05) is 32.8 Å². The number of hydrogen-bond donors (Lipinski definition) is 0. The molecule has 0 unspecified atom stereocenters. The molecule has 2 heterocycles. The molecule has 0 radical (unpaired) electrons. The van der Waals surface area contributed by atoms with E-state index < -0.39 is 0 Å². The molecule has 21 heavy (non-hydrogen) atoms. The van der Waals surface area contributed by atoms with Gasteiger partial charge in [0.15, 0.2) is 0 Å². The van der Waals surface area contributed by atoms with E-state index in [9.17, 15) is 4.79 Å². The van der Waals surface area contributed by atoms with E-state index in [0.29, 0.717) is 0 Å². The summed E-state index contributed by atoms with van der Waals surface area (Å²) in [7, 11) is 2.11. The van der Waals surface area contributed by atoms with Crippen molar-refractivity contribution in [3.8, 4) is 0 Å². The van der Waals surface area contributed by atoms with Crippen molar-refractivity contribution >= 4 is 5.91 Å². The number of amides is 1. The average molecular weight is 288 g/mol. The largest absolute Gasteiger partial charge is 0.373 e. The zero-order chi connectivity index (χ0) is 14.7. The van der Waals surface area contributed by atoms with Gasteiger partial charge < -0.3 is 14.5 Å². The summed E-state index contributed by atoms with van der Waals surface area (Å²) in [5.74, 6) is 0.251. The molecule has 0 aliphatic carbocycles. The van der Waals surface area contributed by atoms with Crippen LogP contribution < -0.4 is 0 Å². The highest BCUT2D eigenvalue weighted by atomic mass is 16.5. The fourth-order valence-corrected chi connectivity index (χ4v) is 3.27. The second-order valence-electron chi connectivity index (χ2n) is 6.08. The minimum atomic E-state index is -0.0768. The number of ether oxygens (including phenoxy) is 1. The molecule has 4 heteroatoms. The first-order valence-electron chi connectivity index (χ1n) is 7.89. The second kappa shape index (κ2) is 6.58. The van der Waals surface area contributed by atoms with Crippen molar-refractivity contribution in [2.45, 2.75) is 18.9 Å². The van der Waals surface area contributed by atoms with Crippen molar-refractivity contribution in [2.75, 3.05) is 39.8 Å². The molecule has 4 nitrogen and oxygen atoms in total. The SMILES string of the molecule is CN1CCN(C(=O)[C@H]2CCCO[C@H]2c2ccccc2)CC1. The fraction of sp³-hybridized carbons (Fsp3) is 0.588. The molecule has 1 amide bonds.